The Kier molecular flexibility index (Phi) is 17.8. The van der Waals surface area contributed by atoms with E-state index in [4.69, 9.17) is 15.5 Å². The number of nitrogens with one attached hydrogen (secondary N) is 3. The van der Waals surface area contributed by atoms with E-state index in [0.29, 0.717) is 54.7 Å². The summed E-state index contributed by atoms with van der Waals surface area (Å²) >= 11 is 0. The molecule has 2 aliphatic heterocycles. The summed E-state index contributed by atoms with van der Waals surface area (Å²) in [5.41, 5.74) is 5.67. The summed E-state index contributed by atoms with van der Waals surface area (Å²) < 4.78 is 6.00. The molecule has 2 saturated heterocycles. The molecule has 3 aromatic rings. The van der Waals surface area contributed by atoms with Crippen molar-refractivity contribution in [3.63, 3.8) is 0 Å². The zero-order valence-electron chi connectivity index (χ0n) is 50.9. The number of aromatic amines is 1. The number of nitrogens with zero attached hydrogens (tertiary/aromatic N) is 1. The fourth-order valence-electron chi connectivity index (χ4n) is 19.5. The Morgan fingerprint density at radius 1 is 0.908 bits per heavy atom. The van der Waals surface area contributed by atoms with Crippen LogP contribution in [0.3, 0.4) is 0 Å². The molecule has 468 valence electrons. The van der Waals surface area contributed by atoms with E-state index in [-0.39, 0.29) is 122 Å². The minimum atomic E-state index is -1.87. The highest BCUT2D eigenvalue weighted by atomic mass is 33.1. The van der Waals surface area contributed by atoms with Crippen molar-refractivity contribution in [3.8, 4) is 17.6 Å². The van der Waals surface area contributed by atoms with Crippen molar-refractivity contribution in [3.05, 3.63) is 113 Å². The van der Waals surface area contributed by atoms with Crippen molar-refractivity contribution in [2.24, 2.45) is 92.6 Å². The third-order valence-corrected chi connectivity index (χ3v) is 26.1. The fraction of sp³-hybridized carbons (Fsp3) is 0.629. The minimum absolute atomic E-state index is 0.0540. The number of allylic oxidation sites excluding steroid dienone is 3. The molecule has 1 aromatic heterocycles. The SMILES string of the molecule is C[C@H]1CCC2=CC[C@@H]3[C@H](C[C@@H]([C@@H]4COC(=O)[C@@H]4c4cc[nH]c4)C#CC[C@H]4C[C@@]5(O)C6=C7NCC(=O)C[C@H](c8ccc(O)cc8)CSSC[C@@H]8[C@@H](O)[C@@H](O)C[C@@](C)([C@@H]8C7=O)[C@H]6CC[C@]5(CCNC(N)=NCc5ccccc5)[C@H]4[C@@](C)(O)[C@H](O)C[C@H]3C)[C@H]2C1. The number of ketones is 2. The van der Waals surface area contributed by atoms with Gasteiger partial charge in [-0.3, -0.25) is 14.4 Å². The predicted molar refractivity (Wildman–Crippen MR) is 338 cm³/mol. The van der Waals surface area contributed by atoms with Crippen LogP contribution >= 0.6 is 21.6 Å². The van der Waals surface area contributed by atoms with Gasteiger partial charge in [0, 0.05) is 84.2 Å². The lowest BCUT2D eigenvalue weighted by atomic mass is 9.43. The molecule has 2 aromatic carbocycles. The summed E-state index contributed by atoms with van der Waals surface area (Å²) in [5, 5.41) is 83.3. The van der Waals surface area contributed by atoms with Crippen LogP contribution in [-0.2, 0) is 25.7 Å². The first-order chi connectivity index (χ1) is 41.7. The number of carbonyl (C=O) groups excluding carboxylic acids is 3. The normalized spacial score (nSPS) is 41.7. The first-order valence-corrected chi connectivity index (χ1v) is 34.8. The van der Waals surface area contributed by atoms with Crippen LogP contribution in [0.15, 0.2) is 101 Å². The van der Waals surface area contributed by atoms with E-state index in [0.717, 1.165) is 48.8 Å². The number of aromatic nitrogens is 1. The number of fused-ring (bicyclic) bond motifs is 10. The Morgan fingerprint density at radius 3 is 2.46 bits per heavy atom. The molecule has 12 rings (SSSR count). The minimum Gasteiger partial charge on any atom is -0.508 e. The van der Waals surface area contributed by atoms with Crippen molar-refractivity contribution in [2.75, 3.05) is 31.2 Å². The van der Waals surface area contributed by atoms with E-state index >= 15 is 4.79 Å². The average Bonchev–Trinajstić information content (AvgIpc) is 1.63. The number of hydrogen-bond acceptors (Lipinski definition) is 14. The van der Waals surface area contributed by atoms with E-state index < -0.39 is 75.9 Å². The van der Waals surface area contributed by atoms with Crippen molar-refractivity contribution < 1.29 is 49.8 Å². The largest absolute Gasteiger partial charge is 0.508 e. The standard InChI is InChI=1S/C70H91N5O10S2/c1-39-13-14-43-17-20-50-40(2)28-57(79)68(4,83)64-45(12-8-11-44(30-52(50)51(43)27-39)53-36-85-65(82)58(53)46-22-25-72-34-46)31-70(84)60-55(21-23-69(64,70)24-26-73-66(71)75-33-41-9-6-5-7-10-41)67(3)32-56(78)62(80)54-38-87-86-37-47(42-15-18-48(76)19-16-42)29-49(77)35-74-61(60)63(81)59(54)67/h5-7,9-10,15-19,22,25,34,39-40,44-45,47,50-59,62,64,72,74,76,78-80,83-84H,12-14,20-21,23-24,26-33,35-38H2,1-4H3,(H3,71,73,75)/t39-,40+,44-,45-,47-,50-,51-,52-,53-,54-,55-,56-,57+,58+,59-,62+,64+,67+,68-,69-,70+/m0/s1. The number of carbonyl (C=O) groups is 3. The molecule has 0 amide bonds. The van der Waals surface area contributed by atoms with Gasteiger partial charge < -0.3 is 56.7 Å². The number of Topliss-reactive ketones (excluding diaryl/α,β-unsaturated/α-hetero) is 2. The molecule has 17 heteroatoms. The number of guanidine groups is 1. The van der Waals surface area contributed by atoms with Gasteiger partial charge in [-0.05, 0) is 165 Å². The molecule has 0 spiro atoms. The van der Waals surface area contributed by atoms with Crippen molar-refractivity contribution in [1.29, 1.82) is 0 Å². The van der Waals surface area contributed by atoms with Gasteiger partial charge in [-0.25, -0.2) is 4.99 Å². The number of ether oxygens (including phenoxy) is 1. The van der Waals surface area contributed by atoms with Crippen LogP contribution in [0.4, 0.5) is 0 Å². The number of phenols is 1. The number of H-pyrrole nitrogens is 1. The smallest absolute Gasteiger partial charge is 0.313 e. The first kappa shape index (κ1) is 62.1. The molecule has 87 heavy (non-hydrogen) atoms. The van der Waals surface area contributed by atoms with Gasteiger partial charge >= 0.3 is 5.97 Å². The van der Waals surface area contributed by atoms with Gasteiger partial charge in [-0.15, -0.1) is 5.92 Å². The van der Waals surface area contributed by atoms with Gasteiger partial charge in [0.15, 0.2) is 17.5 Å². The van der Waals surface area contributed by atoms with Gasteiger partial charge in [0.05, 0.1) is 60.8 Å². The van der Waals surface area contributed by atoms with Gasteiger partial charge in [0.2, 0.25) is 0 Å². The topological polar surface area (TPSA) is 260 Å². The number of aliphatic hydroxyl groups is 5. The number of hydrogen-bond donors (Lipinski definition) is 10. The Bertz CT molecular complexity index is 3180. The number of aliphatic hydroxyl groups excluding tert-OH is 3. The van der Waals surface area contributed by atoms with Crippen LogP contribution in [0.1, 0.15) is 140 Å². The highest BCUT2D eigenvalue weighted by Gasteiger charge is 2.74. The zero-order valence-corrected chi connectivity index (χ0v) is 52.5. The van der Waals surface area contributed by atoms with Crippen LogP contribution in [-0.4, -0.2) is 120 Å². The molecule has 2 bridgehead atoms. The third-order valence-electron chi connectivity index (χ3n) is 23.6. The van der Waals surface area contributed by atoms with E-state index in [2.05, 4.69) is 47.4 Å². The van der Waals surface area contributed by atoms with Crippen molar-refractivity contribution in [2.45, 2.75) is 159 Å². The molecule has 0 radical (unpaired) electrons. The Labute approximate surface area is 520 Å². The Hall–Kier alpha value is -5.06. The summed E-state index contributed by atoms with van der Waals surface area (Å²) in [5.74, 6) is 4.69. The van der Waals surface area contributed by atoms with Crippen molar-refractivity contribution in [1.82, 2.24) is 15.6 Å². The molecular weight excluding hydrogens is 1130 g/mol. The first-order valence-electron chi connectivity index (χ1n) is 32.3. The lowest BCUT2D eigenvalue weighted by Gasteiger charge is -2.63. The van der Waals surface area contributed by atoms with Crippen molar-refractivity contribution >= 4 is 45.1 Å². The van der Waals surface area contributed by atoms with Crippen LogP contribution in [0.2, 0.25) is 0 Å². The fourth-order valence-corrected chi connectivity index (χ4v) is 22.2. The van der Waals surface area contributed by atoms with E-state index in [9.17, 15) is 40.2 Å². The number of nitrogens with two attached hydrogens (primary N) is 1. The maximum absolute atomic E-state index is 16.2. The second kappa shape index (κ2) is 25.0. The molecule has 21 atom stereocenters. The molecule has 7 aliphatic carbocycles. The highest BCUT2D eigenvalue weighted by Crippen LogP contribution is 2.73. The highest BCUT2D eigenvalue weighted by molar-refractivity contribution is 8.76. The van der Waals surface area contributed by atoms with E-state index in [1.807, 2.05) is 67.8 Å². The second-order valence-corrected chi connectivity index (χ2v) is 31.0. The molecule has 6 fully saturated rings. The molecule has 11 N–H and O–H groups in total. The van der Waals surface area contributed by atoms with Crippen LogP contribution in [0.25, 0.3) is 0 Å². The van der Waals surface area contributed by atoms with Gasteiger partial charge in [0.1, 0.15) is 5.75 Å². The summed E-state index contributed by atoms with van der Waals surface area (Å²) in [6, 6.07) is 18.6. The monoisotopic (exact) mass is 1230 g/mol. The maximum atomic E-state index is 16.2. The summed E-state index contributed by atoms with van der Waals surface area (Å²) in [7, 11) is 3.09. The van der Waals surface area contributed by atoms with Gasteiger partial charge in [0.25, 0.3) is 0 Å². The molecule has 15 nitrogen and oxygen atoms in total. The third kappa shape index (κ3) is 11.4. The lowest BCUT2D eigenvalue weighted by molar-refractivity contribution is -0.194. The molecular formula is C70H91N5O10S2. The summed E-state index contributed by atoms with van der Waals surface area (Å²) in [6.45, 7) is 8.94. The van der Waals surface area contributed by atoms with Crippen LogP contribution in [0, 0.1) is 93.7 Å². The average molecular weight is 1230 g/mol. The maximum Gasteiger partial charge on any atom is 0.313 e. The number of cyclic esters (lactones) is 1. The molecule has 0 unspecified atom stereocenters. The zero-order chi connectivity index (χ0) is 61.2. The molecule has 9 aliphatic rings. The Balaban J connectivity index is 1.00. The van der Waals surface area contributed by atoms with Gasteiger partial charge in [-0.2, -0.15) is 0 Å². The van der Waals surface area contributed by atoms with E-state index in [1.165, 1.54) is 16.4 Å². The summed E-state index contributed by atoms with van der Waals surface area (Å²) in [6.07, 6.45) is 9.26. The molecule has 4 saturated carbocycles. The van der Waals surface area contributed by atoms with Crippen LogP contribution in [0.5, 0.6) is 5.75 Å². The molecule has 3 heterocycles. The number of phenolic OH excluding ortho intramolecular Hbond substituents is 1. The summed E-state index contributed by atoms with van der Waals surface area (Å²) in [4.78, 5) is 52.6. The number of esters is 1. The second-order valence-electron chi connectivity index (χ2n) is 28.5. The van der Waals surface area contributed by atoms with Gasteiger partial charge in [-0.1, -0.05) is 102 Å². The lowest BCUT2D eigenvalue weighted by Crippen LogP contribution is -2.67. The Morgan fingerprint density at radius 2 is 1.69 bits per heavy atom. The quantitative estimate of drug-likeness (QED) is 0.0253. The number of aromatic hydroxyl groups is 1. The van der Waals surface area contributed by atoms with E-state index in [1.54, 1.807) is 29.9 Å². The predicted octanol–water partition coefficient (Wildman–Crippen LogP) is 8.71. The number of benzene rings is 2. The number of aliphatic imine (C=N–C) groups is 1. The van der Waals surface area contributed by atoms with Crippen LogP contribution < -0.4 is 16.4 Å². The number of rotatable bonds is 8.